The van der Waals surface area contributed by atoms with E-state index in [-0.39, 0.29) is 11.3 Å². The summed E-state index contributed by atoms with van der Waals surface area (Å²) in [6, 6.07) is 6.33. The topological polar surface area (TPSA) is 115 Å². The van der Waals surface area contributed by atoms with Crippen molar-refractivity contribution in [2.24, 2.45) is 0 Å². The summed E-state index contributed by atoms with van der Waals surface area (Å²) in [7, 11) is 1.22. The van der Waals surface area contributed by atoms with Gasteiger partial charge in [-0.05, 0) is 25.1 Å². The van der Waals surface area contributed by atoms with Crippen molar-refractivity contribution in [3.8, 4) is 5.75 Å². The van der Waals surface area contributed by atoms with E-state index in [1.165, 1.54) is 36.3 Å². The van der Waals surface area contributed by atoms with Crippen molar-refractivity contribution in [1.29, 1.82) is 0 Å². The fourth-order valence-electron chi connectivity index (χ4n) is 2.33. The van der Waals surface area contributed by atoms with Gasteiger partial charge in [0.25, 0.3) is 0 Å². The third-order valence-corrected chi connectivity index (χ3v) is 3.51. The highest BCUT2D eigenvalue weighted by molar-refractivity contribution is 5.89. The van der Waals surface area contributed by atoms with Crippen molar-refractivity contribution in [2.45, 2.75) is 6.92 Å². The smallest absolute Gasteiger partial charge is 0.478 e. The van der Waals surface area contributed by atoms with Crippen molar-refractivity contribution in [2.75, 3.05) is 12.4 Å². The number of fused-ring (bicyclic) bond motifs is 1. The lowest BCUT2D eigenvalue weighted by atomic mass is 10.2. The highest BCUT2D eigenvalue weighted by Crippen LogP contribution is 2.30. The first-order chi connectivity index (χ1) is 12.0. The SMILES string of the molecule is COC(=O)Oc1cn2ncnc(Nc3cccc(C(=O)O)c3)c2c1C. The average molecular weight is 342 g/mol. The van der Waals surface area contributed by atoms with Crippen LogP contribution in [-0.4, -0.2) is 38.9 Å². The number of carbonyl (C=O) groups is 2. The molecule has 0 atom stereocenters. The van der Waals surface area contributed by atoms with E-state index in [0.29, 0.717) is 22.6 Å². The van der Waals surface area contributed by atoms with Crippen LogP contribution in [0.2, 0.25) is 0 Å². The van der Waals surface area contributed by atoms with Gasteiger partial charge >= 0.3 is 12.1 Å². The second kappa shape index (κ2) is 6.48. The van der Waals surface area contributed by atoms with Gasteiger partial charge in [-0.15, -0.1) is 0 Å². The van der Waals surface area contributed by atoms with E-state index in [2.05, 4.69) is 20.1 Å². The molecule has 128 valence electrons. The van der Waals surface area contributed by atoms with Gasteiger partial charge in [-0.2, -0.15) is 5.10 Å². The number of aryl methyl sites for hydroxylation is 1. The molecule has 2 N–H and O–H groups in total. The van der Waals surface area contributed by atoms with Crippen molar-refractivity contribution in [3.63, 3.8) is 0 Å². The number of methoxy groups -OCH3 is 1. The number of aromatic carboxylic acids is 1. The fourth-order valence-corrected chi connectivity index (χ4v) is 2.33. The van der Waals surface area contributed by atoms with Gasteiger partial charge in [-0.25, -0.2) is 19.1 Å². The van der Waals surface area contributed by atoms with Gasteiger partial charge in [0.05, 0.1) is 18.9 Å². The molecule has 3 aromatic rings. The number of rotatable bonds is 4. The Bertz CT molecular complexity index is 966. The molecule has 0 fully saturated rings. The van der Waals surface area contributed by atoms with Crippen LogP contribution in [0.15, 0.2) is 36.8 Å². The normalized spacial score (nSPS) is 10.5. The molecule has 3 rings (SSSR count). The van der Waals surface area contributed by atoms with Crippen LogP contribution in [0.25, 0.3) is 5.52 Å². The number of hydrogen-bond acceptors (Lipinski definition) is 7. The summed E-state index contributed by atoms with van der Waals surface area (Å²) in [4.78, 5) is 26.6. The van der Waals surface area contributed by atoms with Crippen LogP contribution >= 0.6 is 0 Å². The first-order valence-corrected chi connectivity index (χ1v) is 7.18. The molecule has 0 bridgehead atoms. The molecule has 0 aliphatic carbocycles. The van der Waals surface area contributed by atoms with Crippen molar-refractivity contribution < 1.29 is 24.2 Å². The molecule has 2 heterocycles. The number of aromatic nitrogens is 3. The largest absolute Gasteiger partial charge is 0.513 e. The molecule has 0 aliphatic rings. The number of ether oxygens (including phenoxy) is 2. The number of carbonyl (C=O) groups excluding carboxylic acids is 1. The Morgan fingerprint density at radius 2 is 2.12 bits per heavy atom. The Kier molecular flexibility index (Phi) is 4.21. The molecule has 0 saturated heterocycles. The number of hydrogen-bond donors (Lipinski definition) is 2. The van der Waals surface area contributed by atoms with E-state index in [1.54, 1.807) is 19.1 Å². The molecular weight excluding hydrogens is 328 g/mol. The summed E-state index contributed by atoms with van der Waals surface area (Å²) < 4.78 is 11.1. The lowest BCUT2D eigenvalue weighted by molar-refractivity contribution is 0.0696. The highest BCUT2D eigenvalue weighted by Gasteiger charge is 2.17. The zero-order chi connectivity index (χ0) is 18.0. The molecule has 0 spiro atoms. The third-order valence-electron chi connectivity index (χ3n) is 3.51. The Labute approximate surface area is 141 Å². The molecule has 9 nitrogen and oxygen atoms in total. The fraction of sp³-hybridized carbons (Fsp3) is 0.125. The molecule has 0 saturated carbocycles. The number of carboxylic acid groups (broad SMARTS) is 1. The average Bonchev–Trinajstić information content (AvgIpc) is 2.92. The summed E-state index contributed by atoms with van der Waals surface area (Å²) in [5.74, 6) is -0.298. The maximum Gasteiger partial charge on any atom is 0.513 e. The maximum atomic E-state index is 11.3. The molecule has 0 unspecified atom stereocenters. The first kappa shape index (κ1) is 16.2. The Hall–Kier alpha value is -3.62. The summed E-state index contributed by atoms with van der Waals surface area (Å²) in [5.41, 5.74) is 1.92. The van der Waals surface area contributed by atoms with Crippen LogP contribution in [0.3, 0.4) is 0 Å². The lowest BCUT2D eigenvalue weighted by Gasteiger charge is -2.08. The minimum absolute atomic E-state index is 0.150. The second-order valence-electron chi connectivity index (χ2n) is 5.09. The van der Waals surface area contributed by atoms with E-state index in [9.17, 15) is 9.59 Å². The van der Waals surface area contributed by atoms with Crippen LogP contribution in [0.5, 0.6) is 5.75 Å². The van der Waals surface area contributed by atoms with Crippen LogP contribution < -0.4 is 10.1 Å². The Morgan fingerprint density at radius 1 is 1.32 bits per heavy atom. The predicted molar refractivity (Wildman–Crippen MR) is 87.4 cm³/mol. The summed E-state index contributed by atoms with van der Waals surface area (Å²) in [6.07, 6.45) is 2.02. The van der Waals surface area contributed by atoms with Gasteiger partial charge in [0.15, 0.2) is 11.6 Å². The zero-order valence-corrected chi connectivity index (χ0v) is 13.4. The van der Waals surface area contributed by atoms with Gasteiger partial charge in [-0.3, -0.25) is 0 Å². The third kappa shape index (κ3) is 3.20. The van der Waals surface area contributed by atoms with Crippen LogP contribution in [0, 0.1) is 6.92 Å². The zero-order valence-electron chi connectivity index (χ0n) is 13.4. The van der Waals surface area contributed by atoms with Crippen LogP contribution in [0.4, 0.5) is 16.3 Å². The van der Waals surface area contributed by atoms with Gasteiger partial charge in [0, 0.05) is 11.3 Å². The predicted octanol–water partition coefficient (Wildman–Crippen LogP) is 2.62. The summed E-state index contributed by atoms with van der Waals surface area (Å²) in [5, 5.41) is 16.2. The van der Waals surface area contributed by atoms with E-state index in [4.69, 9.17) is 9.84 Å². The highest BCUT2D eigenvalue weighted by atomic mass is 16.7. The lowest BCUT2D eigenvalue weighted by Crippen LogP contribution is -2.07. The molecule has 0 amide bonds. The second-order valence-corrected chi connectivity index (χ2v) is 5.09. The van der Waals surface area contributed by atoms with Crippen LogP contribution in [0.1, 0.15) is 15.9 Å². The van der Waals surface area contributed by atoms with Crippen LogP contribution in [-0.2, 0) is 4.74 Å². The molecule has 1 aromatic carbocycles. The molecule has 0 radical (unpaired) electrons. The number of anilines is 2. The number of benzene rings is 1. The van der Waals surface area contributed by atoms with E-state index in [1.807, 2.05) is 0 Å². The quantitative estimate of drug-likeness (QED) is 0.695. The molecule has 2 aromatic heterocycles. The van der Waals surface area contributed by atoms with E-state index < -0.39 is 12.1 Å². The Balaban J connectivity index is 2.01. The summed E-state index contributed by atoms with van der Waals surface area (Å²) >= 11 is 0. The number of nitrogens with zero attached hydrogens (tertiary/aromatic N) is 3. The van der Waals surface area contributed by atoms with Crippen molar-refractivity contribution in [1.82, 2.24) is 14.6 Å². The monoisotopic (exact) mass is 342 g/mol. The number of nitrogens with one attached hydrogen (secondary N) is 1. The Morgan fingerprint density at radius 3 is 2.84 bits per heavy atom. The maximum absolute atomic E-state index is 11.3. The molecule has 25 heavy (non-hydrogen) atoms. The van der Waals surface area contributed by atoms with E-state index in [0.717, 1.165) is 0 Å². The van der Waals surface area contributed by atoms with Crippen molar-refractivity contribution in [3.05, 3.63) is 47.9 Å². The first-order valence-electron chi connectivity index (χ1n) is 7.18. The van der Waals surface area contributed by atoms with Crippen molar-refractivity contribution >= 4 is 29.1 Å². The van der Waals surface area contributed by atoms with E-state index >= 15 is 0 Å². The molecular formula is C16H14N4O5. The van der Waals surface area contributed by atoms with Gasteiger partial charge in [0.2, 0.25) is 0 Å². The van der Waals surface area contributed by atoms with Gasteiger partial charge in [0.1, 0.15) is 11.8 Å². The minimum Gasteiger partial charge on any atom is -0.478 e. The molecule has 0 aliphatic heterocycles. The van der Waals surface area contributed by atoms with Gasteiger partial charge < -0.3 is 19.9 Å². The van der Waals surface area contributed by atoms with Gasteiger partial charge in [-0.1, -0.05) is 6.07 Å². The standard InChI is InChI=1S/C16H14N4O5/c1-9-12(25-16(23)24-2)7-20-13(9)14(17-8-18-20)19-11-5-3-4-10(6-11)15(21)22/h3-8H,1-2H3,(H,21,22)(H,17,18,19). The minimum atomic E-state index is -1.02. The molecule has 9 heteroatoms. The number of carboxylic acids is 1. The summed E-state index contributed by atoms with van der Waals surface area (Å²) in [6.45, 7) is 1.75.